The highest BCUT2D eigenvalue weighted by Gasteiger charge is 2.39. The lowest BCUT2D eigenvalue weighted by molar-refractivity contribution is -0.142. The van der Waals surface area contributed by atoms with Gasteiger partial charge < -0.3 is 20.1 Å². The van der Waals surface area contributed by atoms with E-state index >= 15 is 0 Å². The van der Waals surface area contributed by atoms with E-state index in [1.807, 2.05) is 23.1 Å². The van der Waals surface area contributed by atoms with Crippen LogP contribution in [0.25, 0.3) is 0 Å². The van der Waals surface area contributed by atoms with Crippen molar-refractivity contribution in [2.75, 3.05) is 46.5 Å². The Morgan fingerprint density at radius 3 is 2.44 bits per heavy atom. The summed E-state index contributed by atoms with van der Waals surface area (Å²) in [6.07, 6.45) is 1.21. The zero-order valence-electron chi connectivity index (χ0n) is 15.5. The van der Waals surface area contributed by atoms with Crippen LogP contribution < -0.4 is 10.5 Å². The van der Waals surface area contributed by atoms with Crippen molar-refractivity contribution in [2.45, 2.75) is 24.9 Å². The van der Waals surface area contributed by atoms with Crippen LogP contribution in [-0.2, 0) is 16.1 Å². The molecular weight excluding hydrogens is 413 g/mol. The van der Waals surface area contributed by atoms with E-state index in [-0.39, 0.29) is 30.7 Å². The van der Waals surface area contributed by atoms with Gasteiger partial charge in [-0.15, -0.1) is 24.8 Å². The second-order valence-electron chi connectivity index (χ2n) is 6.79. The molecule has 3 rings (SSSR count). The summed E-state index contributed by atoms with van der Waals surface area (Å²) in [5, 5.41) is 0.703. The van der Waals surface area contributed by atoms with E-state index in [0.717, 1.165) is 30.9 Å². The summed E-state index contributed by atoms with van der Waals surface area (Å²) >= 11 is 6.11. The third kappa shape index (κ3) is 5.86. The molecule has 9 heteroatoms. The van der Waals surface area contributed by atoms with Crippen molar-refractivity contribution in [3.05, 3.63) is 28.8 Å². The van der Waals surface area contributed by atoms with Gasteiger partial charge in [0.25, 0.3) is 0 Å². The van der Waals surface area contributed by atoms with Crippen molar-refractivity contribution in [3.63, 3.8) is 0 Å². The minimum atomic E-state index is -0.753. The number of hydrogen-bond donors (Lipinski definition) is 1. The average molecular weight is 441 g/mol. The van der Waals surface area contributed by atoms with Crippen LogP contribution in [-0.4, -0.2) is 67.7 Å². The number of benzene rings is 1. The molecule has 0 saturated carbocycles. The fourth-order valence-electron chi connectivity index (χ4n) is 3.49. The van der Waals surface area contributed by atoms with E-state index in [4.69, 9.17) is 26.8 Å². The molecule has 2 saturated heterocycles. The smallest absolute Gasteiger partial charge is 0.242 e. The molecule has 1 amide bonds. The summed E-state index contributed by atoms with van der Waals surface area (Å²) < 4.78 is 10.8. The zero-order valence-corrected chi connectivity index (χ0v) is 17.9. The molecule has 0 unspecified atom stereocenters. The van der Waals surface area contributed by atoms with Crippen LogP contribution in [0.5, 0.6) is 5.75 Å². The third-order valence-corrected chi connectivity index (χ3v) is 5.34. The molecule has 2 aliphatic heterocycles. The summed E-state index contributed by atoms with van der Waals surface area (Å²) in [5.74, 6) is 0.904. The summed E-state index contributed by atoms with van der Waals surface area (Å²) in [7, 11) is 1.66. The van der Waals surface area contributed by atoms with Crippen molar-refractivity contribution in [1.29, 1.82) is 0 Å². The molecule has 2 aliphatic rings. The number of nitrogens with zero attached hydrogens (tertiary/aromatic N) is 2. The number of piperazine rings is 1. The molecule has 154 valence electrons. The maximum atomic E-state index is 12.8. The summed E-state index contributed by atoms with van der Waals surface area (Å²) in [5.41, 5.74) is 6.64. The van der Waals surface area contributed by atoms with Gasteiger partial charge in [0.05, 0.1) is 12.6 Å². The number of hydrogen-bond acceptors (Lipinski definition) is 5. The minimum absolute atomic E-state index is 0. The van der Waals surface area contributed by atoms with E-state index in [1.165, 1.54) is 0 Å². The number of carbonyl (C=O) groups is 1. The van der Waals surface area contributed by atoms with Gasteiger partial charge in [-0.1, -0.05) is 11.6 Å². The Balaban J connectivity index is 0.00000182. The first kappa shape index (κ1) is 24.3. The Bertz CT molecular complexity index is 619. The average Bonchev–Trinajstić information content (AvgIpc) is 2.63. The molecule has 6 nitrogen and oxygen atoms in total. The topological polar surface area (TPSA) is 68.0 Å². The van der Waals surface area contributed by atoms with Crippen LogP contribution in [0.15, 0.2) is 18.2 Å². The van der Waals surface area contributed by atoms with Crippen LogP contribution >= 0.6 is 36.4 Å². The number of carbonyl (C=O) groups excluding carboxylic acids is 1. The number of amides is 1. The molecular formula is C18H28Cl3N3O3. The molecule has 2 N–H and O–H groups in total. The second-order valence-corrected chi connectivity index (χ2v) is 7.23. The van der Waals surface area contributed by atoms with Gasteiger partial charge in [-0.2, -0.15) is 0 Å². The largest absolute Gasteiger partial charge is 0.496 e. The van der Waals surface area contributed by atoms with Gasteiger partial charge in [-0.05, 0) is 31.0 Å². The number of nitrogens with two attached hydrogens (primary N) is 1. The molecule has 1 aromatic carbocycles. The lowest BCUT2D eigenvalue weighted by Gasteiger charge is -2.41. The molecule has 0 spiro atoms. The first-order valence-electron chi connectivity index (χ1n) is 8.72. The maximum absolute atomic E-state index is 12.8. The van der Waals surface area contributed by atoms with E-state index in [2.05, 4.69) is 4.90 Å². The van der Waals surface area contributed by atoms with E-state index < -0.39 is 5.54 Å². The molecule has 0 aliphatic carbocycles. The molecule has 2 fully saturated rings. The van der Waals surface area contributed by atoms with Crippen molar-refractivity contribution in [2.24, 2.45) is 5.73 Å². The normalized spacial score (nSPS) is 19.6. The summed E-state index contributed by atoms with van der Waals surface area (Å²) in [6.45, 7) is 4.91. The van der Waals surface area contributed by atoms with E-state index in [0.29, 0.717) is 44.2 Å². The maximum Gasteiger partial charge on any atom is 0.242 e. The summed E-state index contributed by atoms with van der Waals surface area (Å²) in [4.78, 5) is 17.0. The van der Waals surface area contributed by atoms with Crippen LogP contribution in [0.2, 0.25) is 5.02 Å². The standard InChI is InChI=1S/C18H26ClN3O3.2ClH/c1-24-16-3-2-15(19)12-14(16)13-21-6-8-22(9-7-21)17(23)18(20)4-10-25-11-5-18;;/h2-3,12H,4-11,13,20H2,1H3;2*1H. The molecule has 0 bridgehead atoms. The van der Waals surface area contributed by atoms with Gasteiger partial charge in [-0.3, -0.25) is 9.69 Å². The van der Waals surface area contributed by atoms with Gasteiger partial charge in [0.15, 0.2) is 0 Å². The van der Waals surface area contributed by atoms with Gasteiger partial charge >= 0.3 is 0 Å². The second kappa shape index (κ2) is 10.7. The van der Waals surface area contributed by atoms with Crippen LogP contribution in [0.1, 0.15) is 18.4 Å². The number of halogens is 3. The molecule has 0 atom stereocenters. The Hall–Kier alpha value is -0.760. The first-order valence-corrected chi connectivity index (χ1v) is 9.10. The Labute approximate surface area is 178 Å². The Morgan fingerprint density at radius 1 is 1.22 bits per heavy atom. The number of methoxy groups -OCH3 is 1. The summed E-state index contributed by atoms with van der Waals surface area (Å²) in [6, 6.07) is 5.66. The quantitative estimate of drug-likeness (QED) is 0.778. The molecule has 0 aromatic heterocycles. The fraction of sp³-hybridized carbons (Fsp3) is 0.611. The predicted molar refractivity (Wildman–Crippen MR) is 111 cm³/mol. The van der Waals surface area contributed by atoms with Gasteiger partial charge in [0, 0.05) is 56.5 Å². The lowest BCUT2D eigenvalue weighted by Crippen LogP contribution is -2.61. The van der Waals surface area contributed by atoms with Gasteiger partial charge in [-0.25, -0.2) is 0 Å². The highest BCUT2D eigenvalue weighted by Crippen LogP contribution is 2.25. The van der Waals surface area contributed by atoms with Crippen molar-refractivity contribution in [1.82, 2.24) is 9.80 Å². The van der Waals surface area contributed by atoms with E-state index in [1.54, 1.807) is 7.11 Å². The molecule has 2 heterocycles. The van der Waals surface area contributed by atoms with Gasteiger partial charge in [0.2, 0.25) is 5.91 Å². The van der Waals surface area contributed by atoms with Crippen LogP contribution in [0, 0.1) is 0 Å². The van der Waals surface area contributed by atoms with Crippen LogP contribution in [0.3, 0.4) is 0 Å². The third-order valence-electron chi connectivity index (χ3n) is 5.11. The van der Waals surface area contributed by atoms with Crippen molar-refractivity contribution >= 4 is 42.3 Å². The van der Waals surface area contributed by atoms with Crippen molar-refractivity contribution in [3.8, 4) is 5.75 Å². The minimum Gasteiger partial charge on any atom is -0.496 e. The SMILES string of the molecule is COc1ccc(Cl)cc1CN1CCN(C(=O)C2(N)CCOCC2)CC1.Cl.Cl. The number of ether oxygens (including phenoxy) is 2. The first-order chi connectivity index (χ1) is 12.0. The fourth-order valence-corrected chi connectivity index (χ4v) is 3.68. The van der Waals surface area contributed by atoms with Crippen molar-refractivity contribution < 1.29 is 14.3 Å². The number of rotatable bonds is 4. The predicted octanol–water partition coefficient (Wildman–Crippen LogP) is 2.34. The molecule has 27 heavy (non-hydrogen) atoms. The Morgan fingerprint density at radius 2 is 1.85 bits per heavy atom. The monoisotopic (exact) mass is 439 g/mol. The van der Waals surface area contributed by atoms with Gasteiger partial charge in [0.1, 0.15) is 5.75 Å². The molecule has 0 radical (unpaired) electrons. The lowest BCUT2D eigenvalue weighted by atomic mass is 9.89. The highest BCUT2D eigenvalue weighted by molar-refractivity contribution is 6.30. The zero-order chi connectivity index (χ0) is 17.9. The molecule has 1 aromatic rings. The van der Waals surface area contributed by atoms with E-state index in [9.17, 15) is 4.79 Å². The van der Waals surface area contributed by atoms with Crippen LogP contribution in [0.4, 0.5) is 0 Å². The highest BCUT2D eigenvalue weighted by atomic mass is 35.5. The Kier molecular flexibility index (Phi) is 9.62.